The van der Waals surface area contributed by atoms with Crippen molar-refractivity contribution in [2.45, 2.75) is 26.2 Å². The van der Waals surface area contributed by atoms with Gasteiger partial charge in [-0.15, -0.1) is 0 Å². The Balaban J connectivity index is 2.20. The molecule has 116 valence electrons. The van der Waals surface area contributed by atoms with Crippen LogP contribution in [-0.2, 0) is 4.79 Å². The number of hydrogen-bond acceptors (Lipinski definition) is 2. The molecule has 1 N–H and O–H groups in total. The first-order chi connectivity index (χ1) is 11.1. The van der Waals surface area contributed by atoms with Gasteiger partial charge in [0.05, 0.1) is 5.69 Å². The third kappa shape index (κ3) is 2.70. The molecule has 3 heteroatoms. The minimum Gasteiger partial charge on any atom is -0.352 e. The lowest BCUT2D eigenvalue weighted by atomic mass is 9.90. The van der Waals surface area contributed by atoms with Crippen LogP contribution >= 0.6 is 0 Å². The number of H-pyrrole nitrogens is 1. The van der Waals surface area contributed by atoms with Gasteiger partial charge in [0.15, 0.2) is 0 Å². The number of carbonyl (C=O) groups is 2. The number of aromatic nitrogens is 1. The Morgan fingerprint density at radius 3 is 2.35 bits per heavy atom. The molecular weight excluding hydrogens is 286 g/mol. The minimum atomic E-state index is -0.307. The molecule has 0 saturated carbocycles. The Morgan fingerprint density at radius 1 is 1.00 bits per heavy atom. The molecule has 1 atom stereocenters. The van der Waals surface area contributed by atoms with Gasteiger partial charge in [0.1, 0.15) is 5.78 Å². The first kappa shape index (κ1) is 15.2. The van der Waals surface area contributed by atoms with Crippen molar-refractivity contribution in [3.05, 3.63) is 71.4 Å². The van der Waals surface area contributed by atoms with Crippen LogP contribution < -0.4 is 0 Å². The van der Waals surface area contributed by atoms with Gasteiger partial charge in [-0.2, -0.15) is 0 Å². The molecule has 3 nitrogen and oxygen atoms in total. The van der Waals surface area contributed by atoms with E-state index in [9.17, 15) is 9.59 Å². The highest BCUT2D eigenvalue weighted by molar-refractivity contribution is 6.13. The maximum atomic E-state index is 12.9. The molecule has 3 rings (SSSR count). The van der Waals surface area contributed by atoms with E-state index in [2.05, 4.69) is 4.98 Å². The van der Waals surface area contributed by atoms with Gasteiger partial charge >= 0.3 is 0 Å². The number of aromatic amines is 1. The van der Waals surface area contributed by atoms with E-state index >= 15 is 0 Å². The van der Waals surface area contributed by atoms with Gasteiger partial charge in [0.25, 0.3) is 0 Å². The van der Waals surface area contributed by atoms with Gasteiger partial charge in [-0.05, 0) is 11.6 Å². The monoisotopic (exact) mass is 305 g/mol. The third-order valence-electron chi connectivity index (χ3n) is 4.27. The summed E-state index contributed by atoms with van der Waals surface area (Å²) < 4.78 is 0. The molecule has 0 aliphatic heterocycles. The fourth-order valence-electron chi connectivity index (χ4n) is 2.99. The maximum absolute atomic E-state index is 12.9. The van der Waals surface area contributed by atoms with E-state index in [4.69, 9.17) is 0 Å². The van der Waals surface area contributed by atoms with Crippen molar-refractivity contribution in [1.29, 1.82) is 0 Å². The van der Waals surface area contributed by atoms with Gasteiger partial charge in [0.2, 0.25) is 5.78 Å². The molecule has 2 aromatic carbocycles. The second-order valence-electron chi connectivity index (χ2n) is 5.70. The molecule has 0 saturated heterocycles. The number of benzene rings is 2. The van der Waals surface area contributed by atoms with Crippen LogP contribution in [-0.4, -0.2) is 16.6 Å². The fourth-order valence-corrected chi connectivity index (χ4v) is 2.99. The third-order valence-corrected chi connectivity index (χ3v) is 4.27. The van der Waals surface area contributed by atoms with Crippen molar-refractivity contribution in [3.8, 4) is 0 Å². The van der Waals surface area contributed by atoms with Gasteiger partial charge in [-0.1, -0.05) is 62.4 Å². The smallest absolute Gasteiger partial charge is 0.209 e. The number of carbonyl (C=O) groups excluding carboxylic acids is 2. The molecule has 0 bridgehead atoms. The van der Waals surface area contributed by atoms with E-state index in [1.54, 1.807) is 12.1 Å². The van der Waals surface area contributed by atoms with Gasteiger partial charge in [-0.25, -0.2) is 0 Å². The lowest BCUT2D eigenvalue weighted by Crippen LogP contribution is -2.12. The summed E-state index contributed by atoms with van der Waals surface area (Å²) in [5, 5.41) is 0.945. The Kier molecular flexibility index (Phi) is 4.11. The average molecular weight is 305 g/mol. The van der Waals surface area contributed by atoms with Crippen LogP contribution in [0.3, 0.4) is 0 Å². The van der Waals surface area contributed by atoms with E-state index in [0.29, 0.717) is 17.7 Å². The molecule has 0 amide bonds. The van der Waals surface area contributed by atoms with E-state index in [1.165, 1.54) is 0 Å². The molecule has 0 spiro atoms. The SMILES string of the molecule is CCC(=O)C(C)c1c(C(=O)c2ccccc2)[nH]c2ccccc12. The summed E-state index contributed by atoms with van der Waals surface area (Å²) >= 11 is 0. The molecule has 0 fully saturated rings. The van der Waals surface area contributed by atoms with E-state index < -0.39 is 0 Å². The predicted molar refractivity (Wildman–Crippen MR) is 91.9 cm³/mol. The minimum absolute atomic E-state index is 0.0763. The van der Waals surface area contributed by atoms with Crippen LogP contribution in [0.1, 0.15) is 47.8 Å². The lowest BCUT2D eigenvalue weighted by molar-refractivity contribution is -0.119. The molecule has 0 radical (unpaired) electrons. The number of hydrogen-bond donors (Lipinski definition) is 1. The van der Waals surface area contributed by atoms with Crippen molar-refractivity contribution in [3.63, 3.8) is 0 Å². The summed E-state index contributed by atoms with van der Waals surface area (Å²) in [6.45, 7) is 3.73. The number of nitrogens with one attached hydrogen (secondary N) is 1. The van der Waals surface area contributed by atoms with Gasteiger partial charge in [-0.3, -0.25) is 9.59 Å². The van der Waals surface area contributed by atoms with E-state index in [0.717, 1.165) is 16.5 Å². The van der Waals surface area contributed by atoms with Crippen LogP contribution in [0.5, 0.6) is 0 Å². The molecule has 1 aromatic heterocycles. The Hall–Kier alpha value is -2.68. The predicted octanol–water partition coefficient (Wildman–Crippen LogP) is 4.48. The molecule has 0 aliphatic carbocycles. The molecule has 3 aromatic rings. The standard InChI is InChI=1S/C20H19NO2/c1-3-17(22)13(2)18-15-11-7-8-12-16(15)21-19(18)20(23)14-9-5-4-6-10-14/h4-13,21H,3H2,1-2H3. The molecular formula is C20H19NO2. The first-order valence-electron chi connectivity index (χ1n) is 7.86. The lowest BCUT2D eigenvalue weighted by Gasteiger charge is -2.11. The summed E-state index contributed by atoms with van der Waals surface area (Å²) in [4.78, 5) is 28.4. The number of ketones is 2. The molecule has 1 unspecified atom stereocenters. The summed E-state index contributed by atoms with van der Waals surface area (Å²) in [7, 11) is 0. The van der Waals surface area contributed by atoms with Crippen molar-refractivity contribution >= 4 is 22.5 Å². The molecule has 23 heavy (non-hydrogen) atoms. The first-order valence-corrected chi connectivity index (χ1v) is 7.86. The number of Topliss-reactive ketones (excluding diaryl/α,β-unsaturated/α-hetero) is 1. The fraction of sp³-hybridized carbons (Fsp3) is 0.200. The summed E-state index contributed by atoms with van der Waals surface area (Å²) in [5.41, 5.74) is 2.84. The number of rotatable bonds is 5. The van der Waals surface area contributed by atoms with Crippen molar-refractivity contribution in [2.24, 2.45) is 0 Å². The second kappa shape index (κ2) is 6.21. The summed E-state index contributed by atoms with van der Waals surface area (Å²) in [6.07, 6.45) is 0.458. The van der Waals surface area contributed by atoms with Gasteiger partial charge < -0.3 is 4.98 Å². The molecule has 0 aliphatic rings. The van der Waals surface area contributed by atoms with Crippen LogP contribution in [0.4, 0.5) is 0 Å². The Labute approximate surface area is 135 Å². The average Bonchev–Trinajstić information content (AvgIpc) is 2.99. The van der Waals surface area contributed by atoms with Crippen LogP contribution in [0, 0.1) is 0 Å². The van der Waals surface area contributed by atoms with Crippen molar-refractivity contribution in [2.75, 3.05) is 0 Å². The second-order valence-corrected chi connectivity index (χ2v) is 5.70. The largest absolute Gasteiger partial charge is 0.352 e. The Morgan fingerprint density at radius 2 is 1.65 bits per heavy atom. The van der Waals surface area contributed by atoms with E-state index in [1.807, 2.05) is 56.3 Å². The topological polar surface area (TPSA) is 49.9 Å². The number of fused-ring (bicyclic) bond motifs is 1. The highest BCUT2D eigenvalue weighted by Crippen LogP contribution is 2.31. The zero-order valence-corrected chi connectivity index (χ0v) is 13.3. The van der Waals surface area contributed by atoms with Crippen LogP contribution in [0.15, 0.2) is 54.6 Å². The molecule has 1 heterocycles. The van der Waals surface area contributed by atoms with Crippen LogP contribution in [0.25, 0.3) is 10.9 Å². The maximum Gasteiger partial charge on any atom is 0.209 e. The quantitative estimate of drug-likeness (QED) is 0.706. The summed E-state index contributed by atoms with van der Waals surface area (Å²) in [5.74, 6) is -0.247. The van der Waals surface area contributed by atoms with Crippen LogP contribution in [0.2, 0.25) is 0 Å². The zero-order chi connectivity index (χ0) is 16.4. The zero-order valence-electron chi connectivity index (χ0n) is 13.3. The highest BCUT2D eigenvalue weighted by Gasteiger charge is 2.25. The van der Waals surface area contributed by atoms with E-state index in [-0.39, 0.29) is 17.5 Å². The Bertz CT molecular complexity index is 862. The van der Waals surface area contributed by atoms with Gasteiger partial charge in [0, 0.05) is 28.8 Å². The van der Waals surface area contributed by atoms with Crippen molar-refractivity contribution in [1.82, 2.24) is 4.98 Å². The summed E-state index contributed by atoms with van der Waals surface area (Å²) in [6, 6.07) is 16.9. The normalized spacial score (nSPS) is 12.3. The number of para-hydroxylation sites is 1. The van der Waals surface area contributed by atoms with Crippen molar-refractivity contribution < 1.29 is 9.59 Å². The highest BCUT2D eigenvalue weighted by atomic mass is 16.1.